The first-order valence-electron chi connectivity index (χ1n) is 9.01. The van der Waals surface area contributed by atoms with Gasteiger partial charge in [-0.3, -0.25) is 4.90 Å². The molecule has 118 valence electrons. The minimum absolute atomic E-state index is 0.442. The Bertz CT molecular complexity index is 279. The van der Waals surface area contributed by atoms with E-state index < -0.39 is 0 Å². The zero-order chi connectivity index (χ0) is 14.6. The summed E-state index contributed by atoms with van der Waals surface area (Å²) in [7, 11) is 2.41. The Labute approximate surface area is 126 Å². The van der Waals surface area contributed by atoms with Gasteiger partial charge in [0.1, 0.15) is 0 Å². The molecular formula is C18H36N2. The first-order chi connectivity index (χ1) is 9.56. The van der Waals surface area contributed by atoms with Gasteiger partial charge in [-0.1, -0.05) is 52.9 Å². The zero-order valence-electron chi connectivity index (χ0n) is 14.3. The summed E-state index contributed by atoms with van der Waals surface area (Å²) in [6.45, 7) is 8.29. The van der Waals surface area contributed by atoms with Crippen LogP contribution in [0.2, 0.25) is 0 Å². The summed E-state index contributed by atoms with van der Waals surface area (Å²) >= 11 is 0. The van der Waals surface area contributed by atoms with E-state index in [-0.39, 0.29) is 0 Å². The molecule has 0 saturated heterocycles. The van der Waals surface area contributed by atoms with Gasteiger partial charge in [-0.15, -0.1) is 0 Å². The maximum Gasteiger partial charge on any atom is 0.0274 e. The molecule has 0 radical (unpaired) electrons. The van der Waals surface area contributed by atoms with Gasteiger partial charge in [0.05, 0.1) is 0 Å². The number of nitrogens with one attached hydrogen (secondary N) is 1. The van der Waals surface area contributed by atoms with E-state index in [1.165, 1.54) is 57.8 Å². The third-order valence-corrected chi connectivity index (χ3v) is 5.90. The van der Waals surface area contributed by atoms with Crippen molar-refractivity contribution in [3.8, 4) is 0 Å². The van der Waals surface area contributed by atoms with Crippen LogP contribution in [0.5, 0.6) is 0 Å². The second-order valence-electron chi connectivity index (χ2n) is 7.79. The van der Waals surface area contributed by atoms with Crippen LogP contribution in [-0.2, 0) is 0 Å². The van der Waals surface area contributed by atoms with E-state index >= 15 is 0 Å². The lowest BCUT2D eigenvalue weighted by molar-refractivity contribution is 0.0364. The van der Waals surface area contributed by atoms with Crippen molar-refractivity contribution >= 4 is 0 Å². The minimum atomic E-state index is 0.442. The Morgan fingerprint density at radius 1 is 1.00 bits per heavy atom. The van der Waals surface area contributed by atoms with E-state index in [0.717, 1.165) is 18.6 Å². The van der Waals surface area contributed by atoms with E-state index in [9.17, 15) is 0 Å². The highest BCUT2D eigenvalue weighted by molar-refractivity contribution is 4.98. The smallest absolute Gasteiger partial charge is 0.0274 e. The van der Waals surface area contributed by atoms with Crippen LogP contribution in [-0.4, -0.2) is 36.6 Å². The third kappa shape index (κ3) is 3.76. The maximum atomic E-state index is 3.82. The molecule has 2 saturated carbocycles. The van der Waals surface area contributed by atoms with Crippen LogP contribution in [0, 0.1) is 5.41 Å². The van der Waals surface area contributed by atoms with Gasteiger partial charge in [-0.05, 0) is 44.7 Å². The number of likely N-dealkylation sites (N-methyl/N-ethyl adjacent to an activating group) is 2. The molecule has 0 heterocycles. The van der Waals surface area contributed by atoms with Crippen LogP contribution in [0.25, 0.3) is 0 Å². The van der Waals surface area contributed by atoms with E-state index in [2.05, 4.69) is 38.0 Å². The highest BCUT2D eigenvalue weighted by atomic mass is 15.2. The van der Waals surface area contributed by atoms with Crippen LogP contribution in [0.3, 0.4) is 0 Å². The number of rotatable bonds is 4. The normalized spacial score (nSPS) is 32.2. The highest BCUT2D eigenvalue weighted by Gasteiger charge is 2.41. The Hall–Kier alpha value is -0.0800. The molecule has 0 amide bonds. The Balaban J connectivity index is 2.06. The van der Waals surface area contributed by atoms with Gasteiger partial charge in [-0.2, -0.15) is 0 Å². The van der Waals surface area contributed by atoms with Crippen molar-refractivity contribution in [2.75, 3.05) is 13.6 Å². The molecule has 2 atom stereocenters. The molecule has 0 aliphatic heterocycles. The fourth-order valence-corrected chi connectivity index (χ4v) is 4.62. The van der Waals surface area contributed by atoms with Gasteiger partial charge in [-0.25, -0.2) is 0 Å². The molecule has 1 N–H and O–H groups in total. The number of nitrogens with zero attached hydrogens (tertiary/aromatic N) is 1. The number of hydrogen-bond acceptors (Lipinski definition) is 2. The molecule has 20 heavy (non-hydrogen) atoms. The predicted octanol–water partition coefficient (Wildman–Crippen LogP) is 4.20. The molecule has 0 aromatic rings. The van der Waals surface area contributed by atoms with Gasteiger partial charge in [0.25, 0.3) is 0 Å². The van der Waals surface area contributed by atoms with E-state index in [1.807, 2.05) is 0 Å². The molecule has 2 unspecified atom stereocenters. The van der Waals surface area contributed by atoms with Gasteiger partial charge >= 0.3 is 0 Å². The molecule has 2 rings (SSSR count). The zero-order valence-corrected chi connectivity index (χ0v) is 14.3. The van der Waals surface area contributed by atoms with Crippen LogP contribution in [0.15, 0.2) is 0 Å². The van der Waals surface area contributed by atoms with Crippen LogP contribution in [0.4, 0.5) is 0 Å². The van der Waals surface area contributed by atoms with E-state index in [4.69, 9.17) is 0 Å². The Morgan fingerprint density at radius 3 is 2.25 bits per heavy atom. The monoisotopic (exact) mass is 280 g/mol. The summed E-state index contributed by atoms with van der Waals surface area (Å²) in [5.74, 6) is 0. The first-order valence-corrected chi connectivity index (χ1v) is 9.01. The lowest BCUT2D eigenvalue weighted by Gasteiger charge is -2.49. The molecule has 0 aromatic carbocycles. The van der Waals surface area contributed by atoms with Crippen LogP contribution >= 0.6 is 0 Å². The number of hydrogen-bond donors (Lipinski definition) is 1. The summed E-state index contributed by atoms with van der Waals surface area (Å²) < 4.78 is 0. The molecule has 2 fully saturated rings. The third-order valence-electron chi connectivity index (χ3n) is 5.90. The summed E-state index contributed by atoms with van der Waals surface area (Å²) in [6.07, 6.45) is 12.8. The lowest BCUT2D eigenvalue weighted by atomic mass is 9.70. The van der Waals surface area contributed by atoms with Crippen molar-refractivity contribution in [1.29, 1.82) is 0 Å². The fraction of sp³-hybridized carbons (Fsp3) is 1.00. The van der Waals surface area contributed by atoms with E-state index in [1.54, 1.807) is 0 Å². The quantitative estimate of drug-likeness (QED) is 0.777. The maximum absolute atomic E-state index is 3.82. The van der Waals surface area contributed by atoms with Gasteiger partial charge < -0.3 is 5.32 Å². The second kappa shape index (κ2) is 7.26. The van der Waals surface area contributed by atoms with Gasteiger partial charge in [0.15, 0.2) is 0 Å². The summed E-state index contributed by atoms with van der Waals surface area (Å²) in [5, 5.41) is 3.82. The van der Waals surface area contributed by atoms with Gasteiger partial charge in [0.2, 0.25) is 0 Å². The molecule has 2 aliphatic carbocycles. The molecule has 0 bridgehead atoms. The standard InChI is InChI=1S/C18H36N2/c1-5-19-17-16(13-10-14-18(17,2)3)20(4)15-11-8-6-7-9-12-15/h15-17,19H,5-14H2,1-4H3. The molecular weight excluding hydrogens is 244 g/mol. The Morgan fingerprint density at radius 2 is 1.65 bits per heavy atom. The van der Waals surface area contributed by atoms with Crippen LogP contribution in [0.1, 0.15) is 78.6 Å². The van der Waals surface area contributed by atoms with E-state index in [0.29, 0.717) is 11.5 Å². The minimum Gasteiger partial charge on any atom is -0.312 e. The molecule has 2 nitrogen and oxygen atoms in total. The van der Waals surface area contributed by atoms with Crippen molar-refractivity contribution in [3.05, 3.63) is 0 Å². The van der Waals surface area contributed by atoms with Crippen LogP contribution < -0.4 is 5.32 Å². The summed E-state index contributed by atoms with van der Waals surface area (Å²) in [6, 6.07) is 2.23. The average molecular weight is 280 g/mol. The largest absolute Gasteiger partial charge is 0.312 e. The molecule has 0 aromatic heterocycles. The SMILES string of the molecule is CCNC1C(N(C)C2CCCCCC2)CCCC1(C)C. The molecule has 2 aliphatic rings. The van der Waals surface area contributed by atoms with Crippen molar-refractivity contribution < 1.29 is 0 Å². The van der Waals surface area contributed by atoms with Crippen molar-refractivity contribution in [2.45, 2.75) is 96.7 Å². The fourth-order valence-electron chi connectivity index (χ4n) is 4.62. The second-order valence-corrected chi connectivity index (χ2v) is 7.79. The molecule has 2 heteroatoms. The first kappa shape index (κ1) is 16.3. The topological polar surface area (TPSA) is 15.3 Å². The molecule has 0 spiro atoms. The Kier molecular flexibility index (Phi) is 5.92. The lowest BCUT2D eigenvalue weighted by Crippen LogP contribution is -2.59. The average Bonchev–Trinajstić information content (AvgIpc) is 2.69. The van der Waals surface area contributed by atoms with Crippen molar-refractivity contribution in [3.63, 3.8) is 0 Å². The summed E-state index contributed by atoms with van der Waals surface area (Å²) in [5.41, 5.74) is 0.442. The highest BCUT2D eigenvalue weighted by Crippen LogP contribution is 2.39. The van der Waals surface area contributed by atoms with Crippen molar-refractivity contribution in [1.82, 2.24) is 10.2 Å². The summed E-state index contributed by atoms with van der Waals surface area (Å²) in [4.78, 5) is 2.76. The van der Waals surface area contributed by atoms with Gasteiger partial charge in [0, 0.05) is 18.1 Å². The predicted molar refractivity (Wildman–Crippen MR) is 88.1 cm³/mol. The van der Waals surface area contributed by atoms with Crippen molar-refractivity contribution in [2.24, 2.45) is 5.41 Å².